The monoisotopic (exact) mass is 357 g/mol. The highest BCUT2D eigenvalue weighted by Crippen LogP contribution is 2.31. The van der Waals surface area contributed by atoms with Crippen molar-refractivity contribution in [3.05, 3.63) is 36.2 Å². The number of hydrogen-bond donors (Lipinski definition) is 0. The van der Waals surface area contributed by atoms with Crippen LogP contribution in [0.3, 0.4) is 0 Å². The number of rotatable bonds is 3. The highest BCUT2D eigenvalue weighted by atomic mass is 32.1. The average Bonchev–Trinajstić information content (AvgIpc) is 3.26. The van der Waals surface area contributed by atoms with Crippen LogP contribution in [0.1, 0.15) is 10.4 Å². The standard InChI is InChI=1S/C17H19N5O2S/c1-20-11-12(10-18-20)16(23)21-5-7-22(8-6-21)17-19-14-9-13(24-2)3-4-15(14)25-17/h3-4,9-11H,5-8H2,1-2H3. The molecule has 2 aromatic heterocycles. The van der Waals surface area contributed by atoms with Crippen molar-refractivity contribution in [2.75, 3.05) is 38.2 Å². The molecule has 8 heteroatoms. The number of methoxy groups -OCH3 is 1. The lowest BCUT2D eigenvalue weighted by Crippen LogP contribution is -2.48. The summed E-state index contributed by atoms with van der Waals surface area (Å²) >= 11 is 1.67. The Morgan fingerprint density at radius 3 is 2.72 bits per heavy atom. The zero-order valence-electron chi connectivity index (χ0n) is 14.2. The van der Waals surface area contributed by atoms with Crippen molar-refractivity contribution in [1.29, 1.82) is 0 Å². The molecule has 130 valence electrons. The molecule has 0 unspecified atom stereocenters. The number of anilines is 1. The molecule has 3 aromatic rings. The summed E-state index contributed by atoms with van der Waals surface area (Å²) in [6.45, 7) is 2.94. The van der Waals surface area contributed by atoms with Gasteiger partial charge in [0.2, 0.25) is 0 Å². The number of amides is 1. The topological polar surface area (TPSA) is 63.5 Å². The van der Waals surface area contributed by atoms with Gasteiger partial charge in [0.1, 0.15) is 5.75 Å². The van der Waals surface area contributed by atoms with E-state index in [9.17, 15) is 4.79 Å². The van der Waals surface area contributed by atoms with Crippen LogP contribution in [0.5, 0.6) is 5.75 Å². The van der Waals surface area contributed by atoms with Crippen LogP contribution >= 0.6 is 11.3 Å². The van der Waals surface area contributed by atoms with Gasteiger partial charge in [-0.2, -0.15) is 5.10 Å². The smallest absolute Gasteiger partial charge is 0.257 e. The predicted molar refractivity (Wildman–Crippen MR) is 97.5 cm³/mol. The number of ether oxygens (including phenoxy) is 1. The molecule has 25 heavy (non-hydrogen) atoms. The molecule has 1 aliphatic rings. The van der Waals surface area contributed by atoms with Crippen molar-refractivity contribution in [3.8, 4) is 5.75 Å². The van der Waals surface area contributed by atoms with E-state index in [0.717, 1.165) is 34.2 Å². The van der Waals surface area contributed by atoms with E-state index >= 15 is 0 Å². The number of carbonyl (C=O) groups is 1. The first-order chi connectivity index (χ1) is 12.1. The average molecular weight is 357 g/mol. The third-order valence-corrected chi connectivity index (χ3v) is 5.47. The Morgan fingerprint density at radius 1 is 1.24 bits per heavy atom. The summed E-state index contributed by atoms with van der Waals surface area (Å²) < 4.78 is 8.06. The number of aromatic nitrogens is 3. The number of hydrogen-bond acceptors (Lipinski definition) is 6. The fourth-order valence-electron chi connectivity index (χ4n) is 2.97. The first-order valence-electron chi connectivity index (χ1n) is 8.11. The van der Waals surface area contributed by atoms with Gasteiger partial charge in [-0.1, -0.05) is 11.3 Å². The number of piperazine rings is 1. The molecule has 0 saturated carbocycles. The van der Waals surface area contributed by atoms with Crippen molar-refractivity contribution in [1.82, 2.24) is 19.7 Å². The minimum absolute atomic E-state index is 0.0433. The maximum atomic E-state index is 12.5. The van der Waals surface area contributed by atoms with Crippen LogP contribution in [0.25, 0.3) is 10.2 Å². The molecule has 1 aliphatic heterocycles. The Balaban J connectivity index is 1.45. The Labute approximate surface area is 149 Å². The number of benzene rings is 1. The second-order valence-electron chi connectivity index (χ2n) is 6.01. The molecule has 0 aliphatic carbocycles. The number of thiazole rings is 1. The van der Waals surface area contributed by atoms with Crippen molar-refractivity contribution in [2.24, 2.45) is 7.05 Å². The van der Waals surface area contributed by atoms with Crippen LogP contribution < -0.4 is 9.64 Å². The second-order valence-corrected chi connectivity index (χ2v) is 7.02. The molecule has 1 saturated heterocycles. The zero-order valence-corrected chi connectivity index (χ0v) is 15.0. The van der Waals surface area contributed by atoms with Crippen molar-refractivity contribution in [2.45, 2.75) is 0 Å². The summed E-state index contributed by atoms with van der Waals surface area (Å²) in [7, 11) is 3.48. The SMILES string of the molecule is COc1ccc2sc(N3CCN(C(=O)c4cnn(C)c4)CC3)nc2c1. The summed E-state index contributed by atoms with van der Waals surface area (Å²) in [5.74, 6) is 0.859. The molecule has 1 aromatic carbocycles. The van der Waals surface area contributed by atoms with Crippen molar-refractivity contribution in [3.63, 3.8) is 0 Å². The Bertz CT molecular complexity index is 911. The summed E-state index contributed by atoms with van der Waals surface area (Å²) in [5.41, 5.74) is 1.59. The van der Waals surface area contributed by atoms with Crippen LogP contribution in [0.15, 0.2) is 30.6 Å². The predicted octanol–water partition coefficient (Wildman–Crippen LogP) is 2.00. The van der Waals surface area contributed by atoms with E-state index in [1.807, 2.05) is 30.1 Å². The lowest BCUT2D eigenvalue weighted by atomic mass is 10.2. The van der Waals surface area contributed by atoms with E-state index in [2.05, 4.69) is 10.00 Å². The Hall–Kier alpha value is -2.61. The van der Waals surface area contributed by atoms with Gasteiger partial charge in [0.25, 0.3) is 5.91 Å². The van der Waals surface area contributed by atoms with Gasteiger partial charge in [-0.15, -0.1) is 0 Å². The Kier molecular flexibility index (Phi) is 4.04. The highest BCUT2D eigenvalue weighted by molar-refractivity contribution is 7.22. The second kappa shape index (κ2) is 6.36. The van der Waals surface area contributed by atoms with Crippen LogP contribution in [0, 0.1) is 0 Å². The molecule has 0 spiro atoms. The van der Waals surface area contributed by atoms with E-state index in [-0.39, 0.29) is 5.91 Å². The fraction of sp³-hybridized carbons (Fsp3) is 0.353. The molecule has 0 radical (unpaired) electrons. The highest BCUT2D eigenvalue weighted by Gasteiger charge is 2.24. The largest absolute Gasteiger partial charge is 0.497 e. The zero-order chi connectivity index (χ0) is 17.4. The molecule has 1 fully saturated rings. The number of nitrogens with zero attached hydrogens (tertiary/aromatic N) is 5. The number of fused-ring (bicyclic) bond motifs is 1. The third-order valence-electron chi connectivity index (χ3n) is 4.37. The van der Waals surface area contributed by atoms with Gasteiger partial charge in [0.15, 0.2) is 5.13 Å². The van der Waals surface area contributed by atoms with Gasteiger partial charge in [0, 0.05) is 45.5 Å². The molecule has 3 heterocycles. The maximum Gasteiger partial charge on any atom is 0.257 e. The number of carbonyl (C=O) groups excluding carboxylic acids is 1. The van der Waals surface area contributed by atoms with E-state index in [4.69, 9.17) is 9.72 Å². The minimum Gasteiger partial charge on any atom is -0.497 e. The van der Waals surface area contributed by atoms with Crippen molar-refractivity contribution < 1.29 is 9.53 Å². The lowest BCUT2D eigenvalue weighted by molar-refractivity contribution is 0.0746. The summed E-state index contributed by atoms with van der Waals surface area (Å²) in [4.78, 5) is 21.3. The van der Waals surface area contributed by atoms with Gasteiger partial charge in [0.05, 0.1) is 29.1 Å². The normalized spacial score (nSPS) is 15.0. The Morgan fingerprint density at radius 2 is 2.04 bits per heavy atom. The first-order valence-corrected chi connectivity index (χ1v) is 8.93. The quantitative estimate of drug-likeness (QED) is 0.717. The van der Waals surface area contributed by atoms with Crippen LogP contribution in [-0.4, -0.2) is 58.9 Å². The van der Waals surface area contributed by atoms with Crippen LogP contribution in [-0.2, 0) is 7.05 Å². The number of aryl methyl sites for hydroxylation is 1. The molecule has 0 N–H and O–H groups in total. The molecular weight excluding hydrogens is 338 g/mol. The van der Waals surface area contributed by atoms with E-state index in [1.165, 1.54) is 0 Å². The van der Waals surface area contributed by atoms with Gasteiger partial charge < -0.3 is 14.5 Å². The van der Waals surface area contributed by atoms with E-state index in [0.29, 0.717) is 18.7 Å². The minimum atomic E-state index is 0.0433. The third kappa shape index (κ3) is 3.05. The van der Waals surface area contributed by atoms with Crippen LogP contribution in [0.4, 0.5) is 5.13 Å². The van der Waals surface area contributed by atoms with Crippen LogP contribution in [0.2, 0.25) is 0 Å². The van der Waals surface area contributed by atoms with Gasteiger partial charge >= 0.3 is 0 Å². The van der Waals surface area contributed by atoms with Gasteiger partial charge in [-0.3, -0.25) is 9.48 Å². The molecule has 0 bridgehead atoms. The summed E-state index contributed by atoms with van der Waals surface area (Å²) in [6, 6.07) is 5.95. The van der Waals surface area contributed by atoms with Gasteiger partial charge in [-0.05, 0) is 12.1 Å². The first kappa shape index (κ1) is 15.9. The van der Waals surface area contributed by atoms with E-state index in [1.54, 1.807) is 35.5 Å². The fourth-order valence-corrected chi connectivity index (χ4v) is 3.97. The van der Waals surface area contributed by atoms with Crippen molar-refractivity contribution >= 4 is 32.6 Å². The molecule has 4 rings (SSSR count). The molecular formula is C17H19N5O2S. The lowest BCUT2D eigenvalue weighted by Gasteiger charge is -2.34. The maximum absolute atomic E-state index is 12.5. The molecule has 1 amide bonds. The van der Waals surface area contributed by atoms with Gasteiger partial charge in [-0.25, -0.2) is 4.98 Å². The molecule has 0 atom stereocenters. The summed E-state index contributed by atoms with van der Waals surface area (Å²) in [5, 5.41) is 5.07. The summed E-state index contributed by atoms with van der Waals surface area (Å²) in [6.07, 6.45) is 3.38. The van der Waals surface area contributed by atoms with E-state index < -0.39 is 0 Å². The molecule has 7 nitrogen and oxygen atoms in total.